The summed E-state index contributed by atoms with van der Waals surface area (Å²) in [7, 11) is 1.82. The third kappa shape index (κ3) is 2.06. The quantitative estimate of drug-likeness (QED) is 0.820. The van der Waals surface area contributed by atoms with Gasteiger partial charge in [0.25, 0.3) is 0 Å². The van der Waals surface area contributed by atoms with E-state index in [2.05, 4.69) is 53.4 Å². The first-order valence-corrected chi connectivity index (χ1v) is 6.94. The van der Waals surface area contributed by atoms with Crippen molar-refractivity contribution in [3.05, 3.63) is 39.9 Å². The van der Waals surface area contributed by atoms with Crippen molar-refractivity contribution in [2.75, 3.05) is 7.05 Å². The predicted octanol–water partition coefficient (Wildman–Crippen LogP) is 2.21. The first-order chi connectivity index (χ1) is 9.20. The largest absolute Gasteiger partial charge is 0.313 e. The molecule has 1 N–H and O–H groups in total. The molecule has 0 atom stereocenters. The summed E-state index contributed by atoms with van der Waals surface area (Å²) in [4.78, 5) is 0. The molecule has 6 heteroatoms. The molecule has 2 heterocycles. The highest BCUT2D eigenvalue weighted by Gasteiger charge is 2.21. The van der Waals surface area contributed by atoms with Crippen molar-refractivity contribution in [1.82, 2.24) is 20.2 Å². The zero-order valence-corrected chi connectivity index (χ0v) is 12.4. The molecule has 1 aliphatic rings. The Balaban J connectivity index is 2.29. The summed E-state index contributed by atoms with van der Waals surface area (Å²) in [5.74, 6) is 1.90. The van der Waals surface area contributed by atoms with Gasteiger partial charge < -0.3 is 5.43 Å². The number of rotatable bonds is 1. The lowest BCUT2D eigenvalue weighted by atomic mass is 10.1. The van der Waals surface area contributed by atoms with Gasteiger partial charge in [0, 0.05) is 23.5 Å². The molecule has 0 fully saturated rings. The summed E-state index contributed by atoms with van der Waals surface area (Å²) < 4.78 is 3.16. The average molecular weight is 320 g/mol. The van der Waals surface area contributed by atoms with Crippen LogP contribution in [0, 0.1) is 6.92 Å². The van der Waals surface area contributed by atoms with E-state index in [4.69, 9.17) is 0 Å². The summed E-state index contributed by atoms with van der Waals surface area (Å²) in [6, 6.07) is 6.21. The van der Waals surface area contributed by atoms with Gasteiger partial charge >= 0.3 is 0 Å². The van der Waals surface area contributed by atoms with E-state index >= 15 is 0 Å². The molecular formula is C13H14BrN5. The van der Waals surface area contributed by atoms with Gasteiger partial charge in [0.2, 0.25) is 0 Å². The van der Waals surface area contributed by atoms with Crippen LogP contribution < -0.4 is 5.43 Å². The summed E-state index contributed by atoms with van der Waals surface area (Å²) in [5, 5.41) is 12.8. The minimum atomic E-state index is 0.841. The van der Waals surface area contributed by atoms with Gasteiger partial charge in [-0.15, -0.1) is 10.2 Å². The fourth-order valence-electron chi connectivity index (χ4n) is 2.43. The zero-order valence-electron chi connectivity index (χ0n) is 10.8. The molecule has 98 valence electrons. The van der Waals surface area contributed by atoms with E-state index in [-0.39, 0.29) is 0 Å². The highest BCUT2D eigenvalue weighted by Crippen LogP contribution is 2.27. The van der Waals surface area contributed by atoms with Crippen molar-refractivity contribution in [1.29, 1.82) is 0 Å². The van der Waals surface area contributed by atoms with E-state index in [1.54, 1.807) is 0 Å². The van der Waals surface area contributed by atoms with Gasteiger partial charge in [0.1, 0.15) is 11.6 Å². The van der Waals surface area contributed by atoms with E-state index in [0.717, 1.165) is 45.9 Å². The second-order valence-electron chi connectivity index (χ2n) is 4.44. The number of fused-ring (bicyclic) bond motifs is 3. The van der Waals surface area contributed by atoms with Crippen LogP contribution in [0.4, 0.5) is 0 Å². The van der Waals surface area contributed by atoms with Crippen LogP contribution in [-0.4, -0.2) is 27.5 Å². The lowest BCUT2D eigenvalue weighted by molar-refractivity contribution is 0.845. The Morgan fingerprint density at radius 3 is 2.95 bits per heavy atom. The third-order valence-corrected chi connectivity index (χ3v) is 3.73. The molecule has 5 nitrogen and oxygen atoms in total. The minimum absolute atomic E-state index is 0.841. The lowest BCUT2D eigenvalue weighted by Crippen LogP contribution is -2.09. The van der Waals surface area contributed by atoms with Crippen LogP contribution in [0.2, 0.25) is 0 Å². The fraction of sp³-hybridized carbons (Fsp3) is 0.308. The second-order valence-corrected chi connectivity index (χ2v) is 5.36. The second kappa shape index (κ2) is 4.77. The van der Waals surface area contributed by atoms with Gasteiger partial charge in [-0.25, -0.2) is 0 Å². The Morgan fingerprint density at radius 1 is 1.32 bits per heavy atom. The number of halogens is 1. The molecular weight excluding hydrogens is 306 g/mol. The maximum absolute atomic E-state index is 4.40. The first-order valence-electron chi connectivity index (χ1n) is 6.15. The Morgan fingerprint density at radius 2 is 2.16 bits per heavy atom. The van der Waals surface area contributed by atoms with Crippen LogP contribution in [0.5, 0.6) is 0 Å². The van der Waals surface area contributed by atoms with Crippen molar-refractivity contribution in [3.63, 3.8) is 0 Å². The van der Waals surface area contributed by atoms with Crippen LogP contribution in [-0.2, 0) is 6.42 Å². The molecule has 0 spiro atoms. The van der Waals surface area contributed by atoms with Crippen LogP contribution >= 0.6 is 15.9 Å². The van der Waals surface area contributed by atoms with Gasteiger partial charge in [0.05, 0.1) is 11.4 Å². The van der Waals surface area contributed by atoms with Crippen molar-refractivity contribution < 1.29 is 0 Å². The highest BCUT2D eigenvalue weighted by atomic mass is 79.9. The van der Waals surface area contributed by atoms with Crippen molar-refractivity contribution in [2.45, 2.75) is 19.8 Å². The monoisotopic (exact) mass is 319 g/mol. The molecule has 0 radical (unpaired) electrons. The number of hydrogen-bond donors (Lipinski definition) is 1. The molecule has 3 rings (SSSR count). The number of benzene rings is 1. The van der Waals surface area contributed by atoms with E-state index in [1.807, 2.05) is 20.0 Å². The van der Waals surface area contributed by atoms with E-state index in [1.165, 1.54) is 0 Å². The van der Waals surface area contributed by atoms with Gasteiger partial charge in [0.15, 0.2) is 0 Å². The molecule has 19 heavy (non-hydrogen) atoms. The van der Waals surface area contributed by atoms with E-state index in [0.29, 0.717) is 0 Å². The zero-order chi connectivity index (χ0) is 13.4. The lowest BCUT2D eigenvalue weighted by Gasteiger charge is -2.11. The topological polar surface area (TPSA) is 55.1 Å². The molecule has 0 saturated heterocycles. The van der Waals surface area contributed by atoms with Gasteiger partial charge in [-0.1, -0.05) is 15.9 Å². The molecule has 0 saturated carbocycles. The Hall–Kier alpha value is -1.69. The number of nitrogens with zero attached hydrogens (tertiary/aromatic N) is 4. The van der Waals surface area contributed by atoms with Crippen LogP contribution in [0.1, 0.15) is 23.6 Å². The number of hydrazone groups is 1. The third-order valence-electron chi connectivity index (χ3n) is 3.23. The molecule has 0 amide bonds. The average Bonchev–Trinajstić information content (AvgIpc) is 2.68. The molecule has 0 aliphatic carbocycles. The van der Waals surface area contributed by atoms with Gasteiger partial charge in [-0.2, -0.15) is 5.10 Å². The normalized spacial score (nSPS) is 15.8. The molecule has 2 aromatic rings. The summed E-state index contributed by atoms with van der Waals surface area (Å²) >= 11 is 3.53. The van der Waals surface area contributed by atoms with Crippen molar-refractivity contribution >= 4 is 21.6 Å². The first kappa shape index (κ1) is 12.3. The van der Waals surface area contributed by atoms with Crippen LogP contribution in [0.15, 0.2) is 27.8 Å². The summed E-state index contributed by atoms with van der Waals surface area (Å²) in [5.41, 5.74) is 6.14. The number of aromatic nitrogens is 3. The van der Waals surface area contributed by atoms with Crippen molar-refractivity contribution in [3.8, 4) is 5.69 Å². The number of aryl methyl sites for hydroxylation is 2. The maximum atomic E-state index is 4.40. The molecule has 1 aromatic carbocycles. The SMILES string of the molecule is CN/N=C1\CCc2nnc(C)n2-c2ccc(Br)cc21. The summed E-state index contributed by atoms with van der Waals surface area (Å²) in [6.07, 6.45) is 1.69. The summed E-state index contributed by atoms with van der Waals surface area (Å²) in [6.45, 7) is 1.97. The molecule has 0 unspecified atom stereocenters. The highest BCUT2D eigenvalue weighted by molar-refractivity contribution is 9.10. The van der Waals surface area contributed by atoms with Gasteiger partial charge in [-0.3, -0.25) is 4.57 Å². The Bertz CT molecular complexity index is 659. The molecule has 0 bridgehead atoms. The minimum Gasteiger partial charge on any atom is -0.313 e. The number of nitrogens with one attached hydrogen (secondary N) is 1. The molecule has 1 aliphatic heterocycles. The van der Waals surface area contributed by atoms with Crippen LogP contribution in [0.25, 0.3) is 5.69 Å². The van der Waals surface area contributed by atoms with E-state index in [9.17, 15) is 0 Å². The predicted molar refractivity (Wildman–Crippen MR) is 77.7 cm³/mol. The van der Waals surface area contributed by atoms with Crippen LogP contribution in [0.3, 0.4) is 0 Å². The van der Waals surface area contributed by atoms with Crippen molar-refractivity contribution in [2.24, 2.45) is 5.10 Å². The van der Waals surface area contributed by atoms with Gasteiger partial charge in [-0.05, 0) is 31.5 Å². The van der Waals surface area contributed by atoms with E-state index < -0.39 is 0 Å². The smallest absolute Gasteiger partial charge is 0.138 e. The number of hydrogen-bond acceptors (Lipinski definition) is 4. The maximum Gasteiger partial charge on any atom is 0.138 e. The standard InChI is InChI=1S/C13H14BrN5/c1-8-16-18-13-6-4-11(17-15-2)10-7-9(14)3-5-12(10)19(8)13/h3,5,7,15H,4,6H2,1-2H3/b17-11+. The fourth-order valence-corrected chi connectivity index (χ4v) is 2.79. The Labute approximate surface area is 119 Å². The molecule has 1 aromatic heterocycles. The Kier molecular flexibility index (Phi) is 3.10.